The van der Waals surface area contributed by atoms with E-state index in [1.165, 1.54) is 4.31 Å². The molecule has 0 unspecified atom stereocenters. The van der Waals surface area contributed by atoms with E-state index in [4.69, 9.17) is 4.74 Å². The summed E-state index contributed by atoms with van der Waals surface area (Å²) in [6.07, 6.45) is 0.656. The van der Waals surface area contributed by atoms with Gasteiger partial charge in [-0.3, -0.25) is 4.79 Å². The monoisotopic (exact) mass is 374 g/mol. The average molecular weight is 374 g/mol. The van der Waals surface area contributed by atoms with Gasteiger partial charge in [-0.2, -0.15) is 0 Å². The van der Waals surface area contributed by atoms with Crippen LogP contribution in [0.5, 0.6) is 5.75 Å². The van der Waals surface area contributed by atoms with E-state index in [0.29, 0.717) is 38.2 Å². The predicted octanol–water partition coefficient (Wildman–Crippen LogP) is 2.03. The van der Waals surface area contributed by atoms with Crippen molar-refractivity contribution in [1.29, 1.82) is 0 Å². The van der Waals surface area contributed by atoms with Gasteiger partial charge in [-0.05, 0) is 36.2 Å². The van der Waals surface area contributed by atoms with Gasteiger partial charge >= 0.3 is 0 Å². The molecule has 0 spiro atoms. The standard InChI is InChI=1S/C19H22N2O4S/c22-19(20-11-13-21-12-4-14-26(21,23)24)17-9-7-16(8-10-17)15-25-18-5-2-1-3-6-18/h1-3,5-10H,4,11-15H2,(H,20,22). The molecule has 1 fully saturated rings. The van der Waals surface area contributed by atoms with Crippen molar-refractivity contribution in [1.82, 2.24) is 9.62 Å². The third-order valence-electron chi connectivity index (χ3n) is 4.21. The number of carbonyl (C=O) groups is 1. The van der Waals surface area contributed by atoms with Crippen molar-refractivity contribution >= 4 is 15.9 Å². The SMILES string of the molecule is O=C(NCCN1CCCS1(=O)=O)c1ccc(COc2ccccc2)cc1. The van der Waals surface area contributed by atoms with E-state index in [1.54, 1.807) is 12.1 Å². The first-order chi connectivity index (χ1) is 12.5. The molecule has 0 atom stereocenters. The first kappa shape index (κ1) is 18.4. The lowest BCUT2D eigenvalue weighted by Gasteiger charge is -2.14. The van der Waals surface area contributed by atoms with E-state index in [9.17, 15) is 13.2 Å². The number of benzene rings is 2. The number of nitrogens with zero attached hydrogens (tertiary/aromatic N) is 1. The second-order valence-electron chi connectivity index (χ2n) is 6.12. The molecule has 2 aromatic rings. The van der Waals surface area contributed by atoms with Crippen LogP contribution in [0, 0.1) is 0 Å². The molecule has 2 aromatic carbocycles. The third-order valence-corrected chi connectivity index (χ3v) is 6.17. The molecule has 1 aliphatic heterocycles. The number of nitrogens with one attached hydrogen (secondary N) is 1. The highest BCUT2D eigenvalue weighted by molar-refractivity contribution is 7.89. The maximum absolute atomic E-state index is 12.2. The molecular formula is C19H22N2O4S. The van der Waals surface area contributed by atoms with Gasteiger partial charge in [0.05, 0.1) is 5.75 Å². The summed E-state index contributed by atoms with van der Waals surface area (Å²) in [7, 11) is -3.12. The van der Waals surface area contributed by atoms with Crippen LogP contribution in [0.2, 0.25) is 0 Å². The minimum absolute atomic E-state index is 0.202. The first-order valence-corrected chi connectivity index (χ1v) is 10.2. The Hall–Kier alpha value is -2.38. The number of rotatable bonds is 7. The molecule has 7 heteroatoms. The topological polar surface area (TPSA) is 75.7 Å². The van der Waals surface area contributed by atoms with Gasteiger partial charge in [0.2, 0.25) is 10.0 Å². The minimum atomic E-state index is -3.12. The molecule has 26 heavy (non-hydrogen) atoms. The van der Waals surface area contributed by atoms with Crippen LogP contribution < -0.4 is 10.1 Å². The summed E-state index contributed by atoms with van der Waals surface area (Å²) in [5.41, 5.74) is 1.51. The largest absolute Gasteiger partial charge is 0.489 e. The Morgan fingerprint density at radius 1 is 1.08 bits per heavy atom. The molecule has 0 bridgehead atoms. The van der Waals surface area contributed by atoms with E-state index < -0.39 is 10.0 Å². The molecule has 0 saturated carbocycles. The highest BCUT2D eigenvalue weighted by Crippen LogP contribution is 2.13. The van der Waals surface area contributed by atoms with Crippen LogP contribution in [0.3, 0.4) is 0 Å². The van der Waals surface area contributed by atoms with Crippen molar-refractivity contribution in [2.24, 2.45) is 0 Å². The fourth-order valence-electron chi connectivity index (χ4n) is 2.77. The Balaban J connectivity index is 1.46. The molecule has 0 aliphatic carbocycles. The second-order valence-corrected chi connectivity index (χ2v) is 8.21. The van der Waals surface area contributed by atoms with E-state index in [-0.39, 0.29) is 11.7 Å². The fraction of sp³-hybridized carbons (Fsp3) is 0.316. The fourth-order valence-corrected chi connectivity index (χ4v) is 4.30. The number of hydrogen-bond acceptors (Lipinski definition) is 4. The van der Waals surface area contributed by atoms with Crippen molar-refractivity contribution in [2.75, 3.05) is 25.4 Å². The number of amides is 1. The third kappa shape index (κ3) is 4.83. The lowest BCUT2D eigenvalue weighted by molar-refractivity contribution is 0.0952. The van der Waals surface area contributed by atoms with Crippen molar-refractivity contribution in [3.05, 3.63) is 65.7 Å². The Morgan fingerprint density at radius 2 is 1.81 bits per heavy atom. The van der Waals surface area contributed by atoms with Crippen LogP contribution in [0.25, 0.3) is 0 Å². The van der Waals surface area contributed by atoms with E-state index in [2.05, 4.69) is 5.32 Å². The minimum Gasteiger partial charge on any atom is -0.489 e. The van der Waals surface area contributed by atoms with Crippen LogP contribution in [0.1, 0.15) is 22.3 Å². The Morgan fingerprint density at radius 3 is 2.46 bits per heavy atom. The van der Waals surface area contributed by atoms with Crippen molar-refractivity contribution in [3.8, 4) is 5.75 Å². The summed E-state index contributed by atoms with van der Waals surface area (Å²) in [6, 6.07) is 16.7. The highest BCUT2D eigenvalue weighted by Gasteiger charge is 2.27. The Bertz CT molecular complexity index is 836. The van der Waals surface area contributed by atoms with Crippen molar-refractivity contribution in [2.45, 2.75) is 13.0 Å². The zero-order valence-electron chi connectivity index (χ0n) is 14.4. The summed E-state index contributed by atoms with van der Waals surface area (Å²) in [4.78, 5) is 12.2. The Kier molecular flexibility index (Phi) is 5.90. The summed E-state index contributed by atoms with van der Waals surface area (Å²) in [6.45, 7) is 1.58. The molecule has 138 valence electrons. The van der Waals surface area contributed by atoms with Gasteiger partial charge in [0.25, 0.3) is 5.91 Å². The molecular weight excluding hydrogens is 352 g/mol. The maximum Gasteiger partial charge on any atom is 0.251 e. The zero-order chi connectivity index (χ0) is 18.4. The Labute approximate surface area is 153 Å². The lowest BCUT2D eigenvalue weighted by atomic mass is 10.1. The van der Waals surface area contributed by atoms with Gasteiger partial charge in [0, 0.05) is 25.2 Å². The van der Waals surface area contributed by atoms with Crippen LogP contribution in [0.15, 0.2) is 54.6 Å². The smallest absolute Gasteiger partial charge is 0.251 e. The summed E-state index contributed by atoms with van der Waals surface area (Å²) < 4.78 is 30.5. The predicted molar refractivity (Wildman–Crippen MR) is 99.5 cm³/mol. The number of hydrogen-bond donors (Lipinski definition) is 1. The number of sulfonamides is 1. The van der Waals surface area contributed by atoms with Gasteiger partial charge in [-0.15, -0.1) is 0 Å². The van der Waals surface area contributed by atoms with E-state index in [1.807, 2.05) is 42.5 Å². The van der Waals surface area contributed by atoms with Gasteiger partial charge in [-0.1, -0.05) is 30.3 Å². The molecule has 1 amide bonds. The number of para-hydroxylation sites is 1. The molecule has 6 nitrogen and oxygen atoms in total. The lowest BCUT2D eigenvalue weighted by Crippen LogP contribution is -2.35. The van der Waals surface area contributed by atoms with Crippen LogP contribution in [-0.2, 0) is 16.6 Å². The molecule has 1 aliphatic rings. The molecule has 1 saturated heterocycles. The maximum atomic E-state index is 12.2. The molecule has 1 heterocycles. The van der Waals surface area contributed by atoms with Crippen molar-refractivity contribution < 1.29 is 17.9 Å². The first-order valence-electron chi connectivity index (χ1n) is 8.57. The zero-order valence-corrected chi connectivity index (χ0v) is 15.2. The molecule has 1 N–H and O–H groups in total. The number of ether oxygens (including phenoxy) is 1. The molecule has 3 rings (SSSR count). The summed E-state index contributed by atoms with van der Waals surface area (Å²) >= 11 is 0. The summed E-state index contributed by atoms with van der Waals surface area (Å²) in [5.74, 6) is 0.788. The number of carbonyl (C=O) groups excluding carboxylic acids is 1. The van der Waals surface area contributed by atoms with Crippen LogP contribution in [-0.4, -0.2) is 44.0 Å². The van der Waals surface area contributed by atoms with Gasteiger partial charge in [-0.25, -0.2) is 12.7 Å². The highest BCUT2D eigenvalue weighted by atomic mass is 32.2. The van der Waals surface area contributed by atoms with Crippen molar-refractivity contribution in [3.63, 3.8) is 0 Å². The van der Waals surface area contributed by atoms with Gasteiger partial charge in [0.1, 0.15) is 12.4 Å². The van der Waals surface area contributed by atoms with Crippen LogP contribution >= 0.6 is 0 Å². The average Bonchev–Trinajstić information content (AvgIpc) is 2.99. The van der Waals surface area contributed by atoms with E-state index in [0.717, 1.165) is 11.3 Å². The van der Waals surface area contributed by atoms with Crippen LogP contribution in [0.4, 0.5) is 0 Å². The summed E-state index contributed by atoms with van der Waals surface area (Å²) in [5, 5.41) is 2.76. The quantitative estimate of drug-likeness (QED) is 0.805. The van der Waals surface area contributed by atoms with Gasteiger partial charge < -0.3 is 10.1 Å². The second kappa shape index (κ2) is 8.33. The van der Waals surface area contributed by atoms with E-state index >= 15 is 0 Å². The molecule has 0 radical (unpaired) electrons. The molecule has 0 aromatic heterocycles. The van der Waals surface area contributed by atoms with Gasteiger partial charge in [0.15, 0.2) is 0 Å². The normalized spacial score (nSPS) is 16.3.